The Hall–Kier alpha value is -0.900. The number of carbonyl (C=O) groups is 1. The van der Waals surface area contributed by atoms with E-state index in [1.165, 1.54) is 36.3 Å². The molecule has 22 heavy (non-hydrogen) atoms. The Bertz CT molecular complexity index is 495. The van der Waals surface area contributed by atoms with Crippen molar-refractivity contribution in [3.63, 3.8) is 0 Å². The van der Waals surface area contributed by atoms with Crippen LogP contribution in [-0.4, -0.2) is 10.9 Å². The third-order valence-corrected chi connectivity index (χ3v) is 5.93. The van der Waals surface area contributed by atoms with Crippen LogP contribution in [0.1, 0.15) is 70.4 Å². The quantitative estimate of drug-likeness (QED) is 0.762. The average molecular weight is 323 g/mol. The first-order valence-corrected chi connectivity index (χ1v) is 9.59. The van der Waals surface area contributed by atoms with Crippen LogP contribution in [-0.2, 0) is 17.6 Å². The molecule has 1 amide bonds. The zero-order valence-electron chi connectivity index (χ0n) is 14.4. The summed E-state index contributed by atoms with van der Waals surface area (Å²) in [6.45, 7) is 8.72. The van der Waals surface area contributed by atoms with Crippen LogP contribution >= 0.6 is 11.3 Å². The van der Waals surface area contributed by atoms with Crippen molar-refractivity contribution >= 4 is 22.4 Å². The highest BCUT2D eigenvalue weighted by Crippen LogP contribution is 2.34. The molecule has 0 saturated heterocycles. The highest BCUT2D eigenvalue weighted by atomic mass is 32.1. The molecule has 2 atom stereocenters. The minimum absolute atomic E-state index is 0.106. The fourth-order valence-corrected chi connectivity index (χ4v) is 4.07. The second-order valence-corrected chi connectivity index (χ2v) is 8.20. The van der Waals surface area contributed by atoms with E-state index in [0.29, 0.717) is 18.3 Å². The van der Waals surface area contributed by atoms with Crippen molar-refractivity contribution in [3.8, 4) is 0 Å². The molecule has 0 bridgehead atoms. The number of carbonyl (C=O) groups excluding carboxylic acids is 1. The molecule has 2 rings (SSSR count). The lowest BCUT2D eigenvalue weighted by Crippen LogP contribution is -2.17. The lowest BCUT2D eigenvalue weighted by Gasteiger charge is -2.20. The van der Waals surface area contributed by atoms with Gasteiger partial charge in [0, 0.05) is 11.3 Å². The number of hydrogen-bond acceptors (Lipinski definition) is 3. The molecule has 3 nitrogen and oxygen atoms in total. The van der Waals surface area contributed by atoms with Gasteiger partial charge < -0.3 is 5.32 Å². The van der Waals surface area contributed by atoms with Crippen LogP contribution < -0.4 is 5.32 Å². The van der Waals surface area contributed by atoms with Gasteiger partial charge in [0.05, 0.1) is 5.69 Å². The second-order valence-electron chi connectivity index (χ2n) is 7.11. The average Bonchev–Trinajstić information content (AvgIpc) is 2.85. The smallest absolute Gasteiger partial charge is 0.226 e. The highest BCUT2D eigenvalue weighted by molar-refractivity contribution is 7.15. The lowest BCUT2D eigenvalue weighted by atomic mass is 9.87. The summed E-state index contributed by atoms with van der Waals surface area (Å²) in [7, 11) is 0. The molecule has 0 aliphatic heterocycles. The summed E-state index contributed by atoms with van der Waals surface area (Å²) in [6, 6.07) is 0. The number of aromatic nitrogens is 1. The lowest BCUT2D eigenvalue weighted by molar-refractivity contribution is -0.117. The van der Waals surface area contributed by atoms with Crippen molar-refractivity contribution in [3.05, 3.63) is 10.6 Å². The van der Waals surface area contributed by atoms with Crippen molar-refractivity contribution in [2.24, 2.45) is 17.8 Å². The first kappa shape index (κ1) is 17.5. The first-order chi connectivity index (χ1) is 10.5. The molecular weight excluding hydrogens is 292 g/mol. The Kier molecular flexibility index (Phi) is 6.42. The third-order valence-electron chi connectivity index (χ3n) is 4.90. The first-order valence-electron chi connectivity index (χ1n) is 8.78. The SMILES string of the molecule is CCCCC1CCc2nc(NC(=O)CC(C)C(C)C)sc2C1. The van der Waals surface area contributed by atoms with E-state index in [4.69, 9.17) is 0 Å². The zero-order chi connectivity index (χ0) is 16.1. The molecule has 1 aromatic heterocycles. The predicted molar refractivity (Wildman–Crippen MR) is 94.4 cm³/mol. The van der Waals surface area contributed by atoms with Crippen molar-refractivity contribution in [2.45, 2.75) is 72.6 Å². The van der Waals surface area contributed by atoms with E-state index in [1.807, 2.05) is 0 Å². The van der Waals surface area contributed by atoms with Gasteiger partial charge in [-0.1, -0.05) is 47.0 Å². The Morgan fingerprint density at radius 3 is 2.86 bits per heavy atom. The fourth-order valence-electron chi connectivity index (χ4n) is 2.93. The number of hydrogen-bond donors (Lipinski definition) is 1. The molecular formula is C18H30N2OS. The summed E-state index contributed by atoms with van der Waals surface area (Å²) >= 11 is 1.69. The Labute approximate surface area is 138 Å². The van der Waals surface area contributed by atoms with Crippen LogP contribution in [0.15, 0.2) is 0 Å². The van der Waals surface area contributed by atoms with E-state index in [-0.39, 0.29) is 5.91 Å². The van der Waals surface area contributed by atoms with Gasteiger partial charge in [-0.3, -0.25) is 4.79 Å². The van der Waals surface area contributed by atoms with Crippen molar-refractivity contribution in [2.75, 3.05) is 5.32 Å². The van der Waals surface area contributed by atoms with E-state index in [9.17, 15) is 4.79 Å². The van der Waals surface area contributed by atoms with Crippen LogP contribution in [0.5, 0.6) is 0 Å². The van der Waals surface area contributed by atoms with Crippen molar-refractivity contribution < 1.29 is 4.79 Å². The second kappa shape index (κ2) is 8.09. The maximum absolute atomic E-state index is 12.1. The standard InChI is InChI=1S/C18H30N2OS/c1-5-6-7-14-8-9-15-16(11-14)22-18(19-15)20-17(21)10-13(4)12(2)3/h12-14H,5-11H2,1-4H3,(H,19,20,21). The maximum Gasteiger partial charge on any atom is 0.226 e. The predicted octanol–water partition coefficient (Wildman–Crippen LogP) is 5.06. The van der Waals surface area contributed by atoms with Crippen LogP contribution in [0.2, 0.25) is 0 Å². The van der Waals surface area contributed by atoms with E-state index in [2.05, 4.69) is 38.0 Å². The molecule has 0 radical (unpaired) electrons. The largest absolute Gasteiger partial charge is 0.302 e. The summed E-state index contributed by atoms with van der Waals surface area (Å²) < 4.78 is 0. The number of anilines is 1. The van der Waals surface area contributed by atoms with Crippen LogP contribution in [0.4, 0.5) is 5.13 Å². The number of aryl methyl sites for hydroxylation is 1. The molecule has 1 N–H and O–H groups in total. The molecule has 4 heteroatoms. The highest BCUT2D eigenvalue weighted by Gasteiger charge is 2.23. The fraction of sp³-hybridized carbons (Fsp3) is 0.778. The summed E-state index contributed by atoms with van der Waals surface area (Å²) in [5, 5.41) is 3.82. The molecule has 1 heterocycles. The summed E-state index contributed by atoms with van der Waals surface area (Å²) in [5.41, 5.74) is 1.23. The summed E-state index contributed by atoms with van der Waals surface area (Å²) in [4.78, 5) is 18.1. The normalized spacial score (nSPS) is 19.0. The molecule has 0 saturated carbocycles. The Morgan fingerprint density at radius 2 is 2.18 bits per heavy atom. The van der Waals surface area contributed by atoms with E-state index < -0.39 is 0 Å². The molecule has 0 aromatic carbocycles. The minimum atomic E-state index is 0.106. The van der Waals surface area contributed by atoms with Gasteiger partial charge in [0.2, 0.25) is 5.91 Å². The minimum Gasteiger partial charge on any atom is -0.302 e. The number of nitrogens with zero attached hydrogens (tertiary/aromatic N) is 1. The van der Waals surface area contributed by atoms with Crippen LogP contribution in [0.25, 0.3) is 0 Å². The Morgan fingerprint density at radius 1 is 1.41 bits per heavy atom. The zero-order valence-corrected chi connectivity index (χ0v) is 15.3. The van der Waals surface area contributed by atoms with E-state index >= 15 is 0 Å². The third kappa shape index (κ3) is 4.80. The maximum atomic E-state index is 12.1. The van der Waals surface area contributed by atoms with Crippen molar-refractivity contribution in [1.82, 2.24) is 4.98 Å². The number of thiazole rings is 1. The van der Waals surface area contributed by atoms with Gasteiger partial charge in [0.25, 0.3) is 0 Å². The van der Waals surface area contributed by atoms with Gasteiger partial charge >= 0.3 is 0 Å². The van der Waals surface area contributed by atoms with Gasteiger partial charge in [-0.25, -0.2) is 4.98 Å². The molecule has 1 aromatic rings. The van der Waals surface area contributed by atoms with Gasteiger partial charge in [0.15, 0.2) is 5.13 Å². The van der Waals surface area contributed by atoms with Gasteiger partial charge in [-0.2, -0.15) is 0 Å². The van der Waals surface area contributed by atoms with Gasteiger partial charge in [-0.05, 0) is 37.0 Å². The van der Waals surface area contributed by atoms with Gasteiger partial charge in [0.1, 0.15) is 0 Å². The molecule has 1 aliphatic rings. The summed E-state index contributed by atoms with van der Waals surface area (Å²) in [6.07, 6.45) is 8.03. The molecule has 0 fully saturated rings. The van der Waals surface area contributed by atoms with E-state index in [1.54, 1.807) is 11.3 Å². The molecule has 1 aliphatic carbocycles. The molecule has 124 valence electrons. The monoisotopic (exact) mass is 322 g/mol. The summed E-state index contributed by atoms with van der Waals surface area (Å²) in [5.74, 6) is 1.87. The number of rotatable bonds is 7. The molecule has 0 spiro atoms. The Balaban J connectivity index is 1.90. The molecule has 2 unspecified atom stereocenters. The number of fused-ring (bicyclic) bond motifs is 1. The van der Waals surface area contributed by atoms with E-state index in [0.717, 1.165) is 23.9 Å². The van der Waals surface area contributed by atoms with Crippen LogP contribution in [0, 0.1) is 17.8 Å². The topological polar surface area (TPSA) is 42.0 Å². The number of unbranched alkanes of at least 4 members (excludes halogenated alkanes) is 1. The number of nitrogens with one attached hydrogen (secondary N) is 1. The number of amides is 1. The van der Waals surface area contributed by atoms with Crippen LogP contribution in [0.3, 0.4) is 0 Å². The van der Waals surface area contributed by atoms with Gasteiger partial charge in [-0.15, -0.1) is 11.3 Å². The van der Waals surface area contributed by atoms with Crippen molar-refractivity contribution in [1.29, 1.82) is 0 Å².